The largest absolute Gasteiger partial charge is 0.482 e. The first-order chi connectivity index (χ1) is 14.6. The van der Waals surface area contributed by atoms with Crippen LogP contribution in [0.3, 0.4) is 0 Å². The minimum Gasteiger partial charge on any atom is -0.482 e. The van der Waals surface area contributed by atoms with E-state index >= 15 is 0 Å². The van der Waals surface area contributed by atoms with Crippen molar-refractivity contribution in [3.63, 3.8) is 0 Å². The van der Waals surface area contributed by atoms with Gasteiger partial charge in [-0.3, -0.25) is 9.48 Å². The summed E-state index contributed by atoms with van der Waals surface area (Å²) in [5.41, 5.74) is 6.28. The summed E-state index contributed by atoms with van der Waals surface area (Å²) in [5.74, 6) is 0.183. The van der Waals surface area contributed by atoms with Gasteiger partial charge in [0.1, 0.15) is 11.6 Å². The van der Waals surface area contributed by atoms with E-state index in [1.54, 1.807) is 23.5 Å². The second-order valence-corrected chi connectivity index (χ2v) is 7.93. The Kier molecular flexibility index (Phi) is 4.59. The molecule has 0 fully saturated rings. The first-order valence-electron chi connectivity index (χ1n) is 9.50. The van der Waals surface area contributed by atoms with Gasteiger partial charge in [0.2, 0.25) is 0 Å². The maximum atomic E-state index is 13.6. The third kappa shape index (κ3) is 3.37. The Labute approximate surface area is 176 Å². The average Bonchev–Trinajstić information content (AvgIpc) is 3.36. The molecule has 0 bridgehead atoms. The molecular weight excluding hydrogens is 401 g/mol. The molecule has 3 heterocycles. The molecule has 0 atom stereocenters. The summed E-state index contributed by atoms with van der Waals surface area (Å²) in [4.78, 5) is 11.8. The van der Waals surface area contributed by atoms with Crippen LogP contribution in [-0.2, 0) is 11.3 Å². The highest BCUT2D eigenvalue weighted by atomic mass is 32.1. The molecule has 1 amide bonds. The summed E-state index contributed by atoms with van der Waals surface area (Å²) >= 11 is 1.64. The Morgan fingerprint density at radius 3 is 2.73 bits per heavy atom. The summed E-state index contributed by atoms with van der Waals surface area (Å²) in [5, 5.41) is 11.8. The molecule has 0 saturated carbocycles. The highest BCUT2D eigenvalue weighted by molar-refractivity contribution is 7.07. The van der Waals surface area contributed by atoms with Crippen LogP contribution in [0.25, 0.3) is 22.4 Å². The number of thiophene rings is 1. The molecule has 150 valence electrons. The van der Waals surface area contributed by atoms with Gasteiger partial charge in [0.15, 0.2) is 6.61 Å². The maximum Gasteiger partial charge on any atom is 0.262 e. The van der Waals surface area contributed by atoms with Crippen molar-refractivity contribution in [2.75, 3.05) is 11.9 Å². The van der Waals surface area contributed by atoms with Crippen LogP contribution >= 0.6 is 11.3 Å². The molecule has 1 N–H and O–H groups in total. The van der Waals surface area contributed by atoms with Crippen molar-refractivity contribution >= 4 is 22.9 Å². The Hall–Kier alpha value is -3.45. The van der Waals surface area contributed by atoms with Gasteiger partial charge in [0, 0.05) is 11.1 Å². The van der Waals surface area contributed by atoms with Gasteiger partial charge in [0.05, 0.1) is 23.6 Å². The number of rotatable bonds is 4. The summed E-state index contributed by atoms with van der Waals surface area (Å²) in [6.07, 6.45) is 0. The van der Waals surface area contributed by atoms with E-state index in [9.17, 15) is 9.18 Å². The van der Waals surface area contributed by atoms with E-state index in [4.69, 9.17) is 9.84 Å². The van der Waals surface area contributed by atoms with Crippen LogP contribution in [0.4, 0.5) is 10.1 Å². The molecule has 1 aliphatic rings. The molecule has 0 saturated heterocycles. The molecule has 5 nitrogen and oxygen atoms in total. The molecule has 4 aromatic rings. The zero-order chi connectivity index (χ0) is 20.7. The number of benzene rings is 2. The minimum absolute atomic E-state index is 0.0186. The summed E-state index contributed by atoms with van der Waals surface area (Å²) < 4.78 is 21.0. The molecule has 30 heavy (non-hydrogen) atoms. The van der Waals surface area contributed by atoms with Crippen LogP contribution in [0.1, 0.15) is 11.3 Å². The van der Waals surface area contributed by atoms with Crippen molar-refractivity contribution in [2.24, 2.45) is 0 Å². The van der Waals surface area contributed by atoms with Gasteiger partial charge < -0.3 is 10.1 Å². The highest BCUT2D eigenvalue weighted by Gasteiger charge is 2.22. The monoisotopic (exact) mass is 419 g/mol. The van der Waals surface area contributed by atoms with Gasteiger partial charge in [-0.25, -0.2) is 4.39 Å². The second-order valence-electron chi connectivity index (χ2n) is 7.15. The molecular formula is C23H18FN3O2S. The Balaban J connectivity index is 1.68. The van der Waals surface area contributed by atoms with E-state index in [-0.39, 0.29) is 18.3 Å². The van der Waals surface area contributed by atoms with Crippen LogP contribution in [0.15, 0.2) is 59.3 Å². The zero-order valence-electron chi connectivity index (χ0n) is 16.2. The topological polar surface area (TPSA) is 56.2 Å². The van der Waals surface area contributed by atoms with Crippen molar-refractivity contribution in [1.29, 1.82) is 0 Å². The maximum absolute atomic E-state index is 13.6. The second kappa shape index (κ2) is 7.42. The number of aryl methyl sites for hydroxylation is 1. The normalized spacial score (nSPS) is 12.9. The number of hydrogen-bond donors (Lipinski definition) is 1. The zero-order valence-corrected chi connectivity index (χ0v) is 17.0. The first kappa shape index (κ1) is 18.6. The number of hydrogen-bond acceptors (Lipinski definition) is 4. The molecule has 1 aliphatic heterocycles. The van der Waals surface area contributed by atoms with Gasteiger partial charge in [-0.1, -0.05) is 6.07 Å². The highest BCUT2D eigenvalue weighted by Crippen LogP contribution is 2.39. The summed E-state index contributed by atoms with van der Waals surface area (Å²) in [6, 6.07) is 14.2. The van der Waals surface area contributed by atoms with Gasteiger partial charge in [-0.05, 0) is 71.3 Å². The van der Waals surface area contributed by atoms with E-state index in [1.807, 2.05) is 35.2 Å². The van der Waals surface area contributed by atoms with Crippen molar-refractivity contribution in [3.05, 3.63) is 76.4 Å². The Bertz CT molecular complexity index is 1230. The van der Waals surface area contributed by atoms with Crippen molar-refractivity contribution in [2.45, 2.75) is 13.5 Å². The molecule has 0 aliphatic carbocycles. The smallest absolute Gasteiger partial charge is 0.262 e. The summed E-state index contributed by atoms with van der Waals surface area (Å²) in [7, 11) is 0. The number of amides is 1. The molecule has 2 aromatic carbocycles. The fourth-order valence-electron chi connectivity index (χ4n) is 3.74. The Morgan fingerprint density at radius 2 is 1.97 bits per heavy atom. The molecule has 0 spiro atoms. The van der Waals surface area contributed by atoms with Crippen LogP contribution in [0, 0.1) is 12.7 Å². The average molecular weight is 419 g/mol. The standard InChI is InChI=1S/C23H18FN3O2S/c1-14-22(17-4-7-20-19(10-17)25-21(28)12-29-20)23(16-2-5-18(24)6-3-16)27(26-14)11-15-8-9-30-13-15/h2-10,13H,11-12H2,1H3,(H,25,28). The third-order valence-corrected chi connectivity index (χ3v) is 5.79. The van der Waals surface area contributed by atoms with Crippen LogP contribution in [0.5, 0.6) is 5.75 Å². The predicted molar refractivity (Wildman–Crippen MR) is 115 cm³/mol. The lowest BCUT2D eigenvalue weighted by molar-refractivity contribution is -0.118. The number of anilines is 1. The number of nitrogens with zero attached hydrogens (tertiary/aromatic N) is 2. The quantitative estimate of drug-likeness (QED) is 0.500. The van der Waals surface area contributed by atoms with E-state index in [1.165, 1.54) is 12.1 Å². The van der Waals surface area contributed by atoms with E-state index in [0.717, 1.165) is 33.6 Å². The molecule has 7 heteroatoms. The lowest BCUT2D eigenvalue weighted by atomic mass is 9.98. The number of aromatic nitrogens is 2. The molecule has 0 unspecified atom stereocenters. The van der Waals surface area contributed by atoms with E-state index in [0.29, 0.717) is 18.0 Å². The number of carbonyl (C=O) groups excluding carboxylic acids is 1. The van der Waals surface area contributed by atoms with Crippen LogP contribution in [0.2, 0.25) is 0 Å². The van der Waals surface area contributed by atoms with Gasteiger partial charge in [-0.15, -0.1) is 0 Å². The Morgan fingerprint density at radius 1 is 1.17 bits per heavy atom. The molecule has 2 aromatic heterocycles. The number of carbonyl (C=O) groups is 1. The molecule has 0 radical (unpaired) electrons. The van der Waals surface area contributed by atoms with Crippen LogP contribution < -0.4 is 10.1 Å². The lowest BCUT2D eigenvalue weighted by Gasteiger charge is -2.19. The third-order valence-electron chi connectivity index (χ3n) is 5.06. The summed E-state index contributed by atoms with van der Waals surface area (Å²) in [6.45, 7) is 2.59. The van der Waals surface area contributed by atoms with Crippen molar-refractivity contribution in [3.8, 4) is 28.1 Å². The first-order valence-corrected chi connectivity index (χ1v) is 10.4. The van der Waals surface area contributed by atoms with Gasteiger partial charge >= 0.3 is 0 Å². The number of ether oxygens (including phenoxy) is 1. The van der Waals surface area contributed by atoms with E-state index in [2.05, 4.69) is 16.8 Å². The van der Waals surface area contributed by atoms with Crippen LogP contribution in [-0.4, -0.2) is 22.3 Å². The molecule has 5 rings (SSSR count). The minimum atomic E-state index is -0.283. The van der Waals surface area contributed by atoms with Gasteiger partial charge in [0.25, 0.3) is 5.91 Å². The van der Waals surface area contributed by atoms with Crippen molar-refractivity contribution in [1.82, 2.24) is 9.78 Å². The fraction of sp³-hybridized carbons (Fsp3) is 0.130. The van der Waals surface area contributed by atoms with E-state index < -0.39 is 0 Å². The number of halogens is 1. The lowest BCUT2D eigenvalue weighted by Crippen LogP contribution is -2.25. The fourth-order valence-corrected chi connectivity index (χ4v) is 4.40. The van der Waals surface area contributed by atoms with Crippen molar-refractivity contribution < 1.29 is 13.9 Å². The SMILES string of the molecule is Cc1nn(Cc2ccsc2)c(-c2ccc(F)cc2)c1-c1ccc2c(c1)NC(=O)CO2. The van der Waals surface area contributed by atoms with Gasteiger partial charge in [-0.2, -0.15) is 16.4 Å². The number of fused-ring (bicyclic) bond motifs is 1. The number of nitrogens with one attached hydrogen (secondary N) is 1. The predicted octanol–water partition coefficient (Wildman–Crippen LogP) is 5.11.